The van der Waals surface area contributed by atoms with Crippen LogP contribution in [0.4, 0.5) is 0 Å². The van der Waals surface area contributed by atoms with E-state index in [9.17, 15) is 4.79 Å². The van der Waals surface area contributed by atoms with Crippen molar-refractivity contribution in [1.29, 1.82) is 0 Å². The predicted molar refractivity (Wildman–Crippen MR) is 95.6 cm³/mol. The van der Waals surface area contributed by atoms with Crippen molar-refractivity contribution >= 4 is 17.0 Å². The number of hydrogen-bond donors (Lipinski definition) is 0. The first-order chi connectivity index (χ1) is 12.3. The molecule has 4 heteroatoms. The minimum atomic E-state index is -0.154. The Hall–Kier alpha value is -2.43. The van der Waals surface area contributed by atoms with Crippen LogP contribution in [0.15, 0.2) is 58.0 Å². The molecule has 3 unspecified atom stereocenters. The van der Waals surface area contributed by atoms with E-state index in [1.54, 1.807) is 6.26 Å². The number of allylic oxidation sites excluding steroid dienone is 4. The number of benzene rings is 1. The highest BCUT2D eigenvalue weighted by Gasteiger charge is 2.32. The first-order valence-electron chi connectivity index (χ1n) is 8.66. The van der Waals surface area contributed by atoms with Gasteiger partial charge in [0.2, 0.25) is 0 Å². The zero-order valence-electron chi connectivity index (χ0n) is 13.7. The van der Waals surface area contributed by atoms with Crippen LogP contribution in [-0.2, 0) is 9.47 Å². The molecule has 2 heterocycles. The Kier molecular flexibility index (Phi) is 3.47. The van der Waals surface area contributed by atoms with Gasteiger partial charge >= 0.3 is 0 Å². The second-order valence-corrected chi connectivity index (χ2v) is 6.60. The van der Waals surface area contributed by atoms with Crippen LogP contribution in [-0.4, -0.2) is 19.3 Å². The van der Waals surface area contributed by atoms with Crippen LogP contribution in [0.1, 0.15) is 35.1 Å². The molecule has 25 heavy (non-hydrogen) atoms. The summed E-state index contributed by atoms with van der Waals surface area (Å²) in [6.07, 6.45) is 14.3. The Morgan fingerprint density at radius 3 is 2.80 bits per heavy atom. The molecule has 1 fully saturated rings. The molecule has 0 N–H and O–H groups in total. The third kappa shape index (κ3) is 2.33. The normalized spacial score (nSPS) is 27.3. The monoisotopic (exact) mass is 334 g/mol. The summed E-state index contributed by atoms with van der Waals surface area (Å²) < 4.78 is 17.5. The zero-order valence-corrected chi connectivity index (χ0v) is 13.7. The lowest BCUT2D eigenvalue weighted by Gasteiger charge is -2.34. The average Bonchev–Trinajstić information content (AvgIpc) is 2.68. The smallest absolute Gasteiger partial charge is 0.197 e. The molecule has 0 saturated carbocycles. The van der Waals surface area contributed by atoms with Gasteiger partial charge in [-0.15, -0.1) is 0 Å². The Morgan fingerprint density at radius 1 is 1.00 bits per heavy atom. The lowest BCUT2D eigenvalue weighted by Crippen LogP contribution is -2.33. The van der Waals surface area contributed by atoms with E-state index in [0.717, 1.165) is 17.5 Å². The van der Waals surface area contributed by atoms with Crippen LogP contribution in [0.3, 0.4) is 0 Å². The molecule has 2 aromatic rings. The van der Waals surface area contributed by atoms with E-state index in [-0.39, 0.29) is 23.6 Å². The lowest BCUT2D eigenvalue weighted by atomic mass is 9.87. The Morgan fingerprint density at radius 2 is 1.92 bits per heavy atom. The number of ether oxygens (including phenoxy) is 2. The van der Waals surface area contributed by atoms with Crippen LogP contribution in [0, 0.1) is 0 Å². The molecule has 0 radical (unpaired) electrons. The van der Waals surface area contributed by atoms with Gasteiger partial charge in [0.1, 0.15) is 17.8 Å². The van der Waals surface area contributed by atoms with Crippen LogP contribution in [0.25, 0.3) is 17.0 Å². The van der Waals surface area contributed by atoms with Crippen molar-refractivity contribution in [2.75, 3.05) is 13.2 Å². The molecule has 126 valence electrons. The minimum Gasteiger partial charge on any atom is -0.464 e. The SMILES string of the molecule is O=c1c(C2C=CC=CC2)coc2ccc3c(c12)C=CC1OCCOC31. The molecule has 0 amide bonds. The van der Waals surface area contributed by atoms with Gasteiger partial charge < -0.3 is 13.9 Å². The van der Waals surface area contributed by atoms with Gasteiger partial charge in [-0.05, 0) is 23.6 Å². The van der Waals surface area contributed by atoms with E-state index in [1.165, 1.54) is 0 Å². The Bertz CT molecular complexity index is 979. The molecule has 2 aliphatic carbocycles. The molecule has 0 spiro atoms. The summed E-state index contributed by atoms with van der Waals surface area (Å²) in [7, 11) is 0. The number of rotatable bonds is 1. The summed E-state index contributed by atoms with van der Waals surface area (Å²) in [5.41, 5.74) is 3.27. The maximum absolute atomic E-state index is 13.2. The minimum absolute atomic E-state index is 0.0443. The highest BCUT2D eigenvalue weighted by molar-refractivity contribution is 5.89. The highest BCUT2D eigenvalue weighted by Crippen LogP contribution is 2.37. The quantitative estimate of drug-likeness (QED) is 0.794. The Balaban J connectivity index is 1.71. The second kappa shape index (κ2) is 5.83. The van der Waals surface area contributed by atoms with Crippen molar-refractivity contribution in [3.05, 3.63) is 75.7 Å². The maximum Gasteiger partial charge on any atom is 0.197 e. The summed E-state index contributed by atoms with van der Waals surface area (Å²) >= 11 is 0. The highest BCUT2D eigenvalue weighted by atomic mass is 16.6. The van der Waals surface area contributed by atoms with E-state index < -0.39 is 0 Å². The molecule has 4 nitrogen and oxygen atoms in total. The molecular formula is C21H18O4. The number of hydrogen-bond acceptors (Lipinski definition) is 4. The fraction of sp³-hybridized carbons (Fsp3) is 0.286. The summed E-state index contributed by atoms with van der Waals surface area (Å²) in [4.78, 5) is 13.2. The van der Waals surface area contributed by atoms with Crippen LogP contribution >= 0.6 is 0 Å². The van der Waals surface area contributed by atoms with Crippen molar-refractivity contribution in [2.45, 2.75) is 24.5 Å². The summed E-state index contributed by atoms with van der Waals surface area (Å²) in [5.74, 6) is 0.0658. The standard InChI is InChI=1S/C21H18O4/c22-20-16(13-4-2-1-3-5-13)12-25-17-8-7-15-14(19(17)20)6-9-18-21(15)24-11-10-23-18/h1-4,6-9,12-13,18,21H,5,10-11H2. The van der Waals surface area contributed by atoms with E-state index in [1.807, 2.05) is 36.4 Å². The summed E-state index contributed by atoms with van der Waals surface area (Å²) in [6.45, 7) is 1.17. The molecular weight excluding hydrogens is 316 g/mol. The van der Waals surface area contributed by atoms with Gasteiger partial charge in [0.15, 0.2) is 5.43 Å². The molecule has 1 saturated heterocycles. The first-order valence-corrected chi connectivity index (χ1v) is 8.66. The Labute approximate surface area is 145 Å². The van der Waals surface area contributed by atoms with Gasteiger partial charge in [-0.3, -0.25) is 4.79 Å². The van der Waals surface area contributed by atoms with E-state index >= 15 is 0 Å². The van der Waals surface area contributed by atoms with Crippen molar-refractivity contribution < 1.29 is 13.9 Å². The average molecular weight is 334 g/mol. The third-order valence-electron chi connectivity index (χ3n) is 5.17. The van der Waals surface area contributed by atoms with Crippen molar-refractivity contribution in [3.8, 4) is 0 Å². The van der Waals surface area contributed by atoms with Gasteiger partial charge in [-0.2, -0.15) is 0 Å². The molecule has 0 bridgehead atoms. The van der Waals surface area contributed by atoms with E-state index in [2.05, 4.69) is 12.2 Å². The summed E-state index contributed by atoms with van der Waals surface area (Å²) in [6, 6.07) is 3.85. The van der Waals surface area contributed by atoms with Crippen molar-refractivity contribution in [2.24, 2.45) is 0 Å². The van der Waals surface area contributed by atoms with Crippen LogP contribution in [0.5, 0.6) is 0 Å². The topological polar surface area (TPSA) is 48.7 Å². The van der Waals surface area contributed by atoms with Gasteiger partial charge in [-0.25, -0.2) is 0 Å². The van der Waals surface area contributed by atoms with Gasteiger partial charge in [-0.1, -0.05) is 42.5 Å². The predicted octanol–water partition coefficient (Wildman–Crippen LogP) is 3.88. The van der Waals surface area contributed by atoms with Gasteiger partial charge in [0.05, 0.1) is 24.9 Å². The molecule has 1 aromatic heterocycles. The molecule has 3 aliphatic rings. The van der Waals surface area contributed by atoms with E-state index in [0.29, 0.717) is 29.7 Å². The fourth-order valence-electron chi connectivity index (χ4n) is 3.92. The molecule has 1 aromatic carbocycles. The maximum atomic E-state index is 13.2. The van der Waals surface area contributed by atoms with Crippen molar-refractivity contribution in [3.63, 3.8) is 0 Å². The molecule has 3 atom stereocenters. The van der Waals surface area contributed by atoms with Gasteiger partial charge in [0, 0.05) is 11.5 Å². The lowest BCUT2D eigenvalue weighted by molar-refractivity contribution is -0.124. The fourth-order valence-corrected chi connectivity index (χ4v) is 3.92. The molecule has 5 rings (SSSR count). The van der Waals surface area contributed by atoms with Crippen LogP contribution < -0.4 is 5.43 Å². The van der Waals surface area contributed by atoms with Crippen LogP contribution in [0.2, 0.25) is 0 Å². The first kappa shape index (κ1) is 14.9. The van der Waals surface area contributed by atoms with Crippen molar-refractivity contribution in [1.82, 2.24) is 0 Å². The molecule has 1 aliphatic heterocycles. The van der Waals surface area contributed by atoms with Gasteiger partial charge in [0.25, 0.3) is 0 Å². The zero-order chi connectivity index (χ0) is 16.8. The number of fused-ring (bicyclic) bond motifs is 5. The third-order valence-corrected chi connectivity index (χ3v) is 5.17. The summed E-state index contributed by atoms with van der Waals surface area (Å²) in [5, 5.41) is 0.641. The van der Waals surface area contributed by atoms with E-state index in [4.69, 9.17) is 13.9 Å². The second-order valence-electron chi connectivity index (χ2n) is 6.60. The largest absolute Gasteiger partial charge is 0.464 e.